The zero-order chi connectivity index (χ0) is 9.97. The third-order valence-electron chi connectivity index (χ3n) is 3.23. The molecular formula is C12H19NS. The van der Waals surface area contributed by atoms with Crippen LogP contribution in [0.2, 0.25) is 0 Å². The van der Waals surface area contributed by atoms with E-state index in [2.05, 4.69) is 31.3 Å². The third kappa shape index (κ3) is 2.01. The molecule has 2 atom stereocenters. The Hall–Kier alpha value is -0.340. The minimum atomic E-state index is 0.795. The molecule has 0 saturated carbocycles. The number of rotatable bonds is 3. The number of hydrogen-bond donors (Lipinski definition) is 1. The predicted octanol–water partition coefficient (Wildman–Crippen LogP) is 3.16. The molecular weight excluding hydrogens is 190 g/mol. The van der Waals surface area contributed by atoms with Crippen LogP contribution >= 0.6 is 11.3 Å². The van der Waals surface area contributed by atoms with Crippen LogP contribution in [0.25, 0.3) is 0 Å². The van der Waals surface area contributed by atoms with Gasteiger partial charge in [-0.3, -0.25) is 0 Å². The van der Waals surface area contributed by atoms with Gasteiger partial charge in [0.1, 0.15) is 0 Å². The van der Waals surface area contributed by atoms with Gasteiger partial charge in [0, 0.05) is 9.75 Å². The smallest absolute Gasteiger partial charge is 0.00821 e. The fourth-order valence-corrected chi connectivity index (χ4v) is 3.59. The Morgan fingerprint density at radius 1 is 1.57 bits per heavy atom. The van der Waals surface area contributed by atoms with E-state index in [1.54, 1.807) is 4.88 Å². The van der Waals surface area contributed by atoms with Crippen molar-refractivity contribution in [3.8, 4) is 0 Å². The molecule has 0 aliphatic carbocycles. The first kappa shape index (κ1) is 10.2. The van der Waals surface area contributed by atoms with Crippen molar-refractivity contribution in [1.29, 1.82) is 0 Å². The van der Waals surface area contributed by atoms with Crippen molar-refractivity contribution in [2.24, 2.45) is 5.92 Å². The Bertz CT molecular complexity index is 286. The van der Waals surface area contributed by atoms with Gasteiger partial charge in [0.2, 0.25) is 0 Å². The van der Waals surface area contributed by atoms with Crippen LogP contribution in [0.5, 0.6) is 0 Å². The van der Waals surface area contributed by atoms with Gasteiger partial charge in [-0.05, 0) is 56.8 Å². The summed E-state index contributed by atoms with van der Waals surface area (Å²) in [6.07, 6.45) is 2.64. The topological polar surface area (TPSA) is 12.0 Å². The first-order valence-corrected chi connectivity index (χ1v) is 6.40. The van der Waals surface area contributed by atoms with Crippen molar-refractivity contribution < 1.29 is 0 Å². The van der Waals surface area contributed by atoms with Gasteiger partial charge in [-0.2, -0.15) is 0 Å². The molecule has 1 saturated heterocycles. The largest absolute Gasteiger partial charge is 0.316 e. The van der Waals surface area contributed by atoms with E-state index in [-0.39, 0.29) is 0 Å². The molecule has 0 spiro atoms. The zero-order valence-electron chi connectivity index (χ0n) is 9.05. The minimum absolute atomic E-state index is 0.795. The molecule has 2 heterocycles. The summed E-state index contributed by atoms with van der Waals surface area (Å²) in [5.41, 5.74) is 0. The molecule has 1 N–H and O–H groups in total. The molecule has 1 aromatic heterocycles. The maximum absolute atomic E-state index is 3.47. The van der Waals surface area contributed by atoms with Crippen LogP contribution in [-0.4, -0.2) is 13.1 Å². The van der Waals surface area contributed by atoms with Gasteiger partial charge in [0.15, 0.2) is 0 Å². The minimum Gasteiger partial charge on any atom is -0.316 e. The van der Waals surface area contributed by atoms with E-state index in [1.165, 1.54) is 30.8 Å². The van der Waals surface area contributed by atoms with E-state index in [9.17, 15) is 0 Å². The lowest BCUT2D eigenvalue weighted by molar-refractivity contribution is 0.452. The van der Waals surface area contributed by atoms with Crippen molar-refractivity contribution >= 4 is 11.3 Å². The second kappa shape index (κ2) is 4.45. The molecule has 1 aromatic rings. The van der Waals surface area contributed by atoms with Crippen LogP contribution in [0.3, 0.4) is 0 Å². The lowest BCUT2D eigenvalue weighted by Gasteiger charge is -2.19. The maximum Gasteiger partial charge on any atom is 0.00821 e. The highest BCUT2D eigenvalue weighted by atomic mass is 32.1. The normalized spacial score (nSPS) is 24.0. The average molecular weight is 209 g/mol. The summed E-state index contributed by atoms with van der Waals surface area (Å²) in [7, 11) is 0. The summed E-state index contributed by atoms with van der Waals surface area (Å²) in [5, 5.41) is 3.47. The van der Waals surface area contributed by atoms with Gasteiger partial charge in [-0.25, -0.2) is 0 Å². The second-order valence-corrected chi connectivity index (χ2v) is 5.54. The van der Waals surface area contributed by atoms with Crippen LogP contribution in [0.4, 0.5) is 0 Å². The van der Waals surface area contributed by atoms with Gasteiger partial charge in [0.25, 0.3) is 0 Å². The Balaban J connectivity index is 2.12. The molecule has 1 nitrogen and oxygen atoms in total. The van der Waals surface area contributed by atoms with Crippen molar-refractivity contribution in [3.05, 3.63) is 21.9 Å². The van der Waals surface area contributed by atoms with Gasteiger partial charge in [-0.15, -0.1) is 11.3 Å². The average Bonchev–Trinajstić information content (AvgIpc) is 2.79. The van der Waals surface area contributed by atoms with E-state index >= 15 is 0 Å². The number of thiophene rings is 1. The SMILES string of the molecule is CCC(c1ccc(C)s1)C1CCNC1. The molecule has 1 aliphatic rings. The third-order valence-corrected chi connectivity index (χ3v) is 4.37. The van der Waals surface area contributed by atoms with Gasteiger partial charge in [0.05, 0.1) is 0 Å². The fraction of sp³-hybridized carbons (Fsp3) is 0.667. The molecule has 0 bridgehead atoms. The molecule has 0 aromatic carbocycles. The van der Waals surface area contributed by atoms with E-state index in [1.807, 2.05) is 11.3 Å². The van der Waals surface area contributed by atoms with Crippen molar-refractivity contribution in [2.75, 3.05) is 13.1 Å². The van der Waals surface area contributed by atoms with Crippen LogP contribution in [0.15, 0.2) is 12.1 Å². The number of hydrogen-bond acceptors (Lipinski definition) is 2. The Kier molecular flexibility index (Phi) is 3.24. The molecule has 0 radical (unpaired) electrons. The second-order valence-electron chi connectivity index (χ2n) is 4.22. The molecule has 2 rings (SSSR count). The molecule has 0 amide bonds. The van der Waals surface area contributed by atoms with Crippen molar-refractivity contribution in [2.45, 2.75) is 32.6 Å². The summed E-state index contributed by atoms with van der Waals surface area (Å²) >= 11 is 1.98. The summed E-state index contributed by atoms with van der Waals surface area (Å²) < 4.78 is 0. The van der Waals surface area contributed by atoms with Crippen LogP contribution in [-0.2, 0) is 0 Å². The summed E-state index contributed by atoms with van der Waals surface area (Å²) in [6, 6.07) is 4.58. The standard InChI is InChI=1S/C12H19NS/c1-3-11(10-6-7-13-8-10)12-5-4-9(2)14-12/h4-5,10-11,13H,3,6-8H2,1-2H3. The van der Waals surface area contributed by atoms with Crippen molar-refractivity contribution in [3.63, 3.8) is 0 Å². The van der Waals surface area contributed by atoms with E-state index in [0.29, 0.717) is 0 Å². The lowest BCUT2D eigenvalue weighted by atomic mass is 9.88. The maximum atomic E-state index is 3.47. The quantitative estimate of drug-likeness (QED) is 0.806. The lowest BCUT2D eigenvalue weighted by Crippen LogP contribution is -2.15. The van der Waals surface area contributed by atoms with Gasteiger partial charge in [-0.1, -0.05) is 6.92 Å². The zero-order valence-corrected chi connectivity index (χ0v) is 9.86. The molecule has 2 unspecified atom stereocenters. The molecule has 1 aliphatic heterocycles. The van der Waals surface area contributed by atoms with Crippen LogP contribution in [0, 0.1) is 12.8 Å². The fourth-order valence-electron chi connectivity index (χ4n) is 2.44. The molecule has 2 heteroatoms. The molecule has 1 fully saturated rings. The van der Waals surface area contributed by atoms with Gasteiger partial charge >= 0.3 is 0 Å². The molecule has 14 heavy (non-hydrogen) atoms. The first-order chi connectivity index (χ1) is 6.81. The Morgan fingerprint density at radius 2 is 2.43 bits per heavy atom. The van der Waals surface area contributed by atoms with E-state index in [0.717, 1.165) is 11.8 Å². The predicted molar refractivity (Wildman–Crippen MR) is 63.1 cm³/mol. The Morgan fingerprint density at radius 3 is 2.93 bits per heavy atom. The first-order valence-electron chi connectivity index (χ1n) is 5.58. The van der Waals surface area contributed by atoms with Crippen LogP contribution in [0.1, 0.15) is 35.4 Å². The van der Waals surface area contributed by atoms with Crippen molar-refractivity contribution in [1.82, 2.24) is 5.32 Å². The highest BCUT2D eigenvalue weighted by Gasteiger charge is 2.25. The highest BCUT2D eigenvalue weighted by molar-refractivity contribution is 7.12. The summed E-state index contributed by atoms with van der Waals surface area (Å²) in [4.78, 5) is 3.04. The molecule has 78 valence electrons. The summed E-state index contributed by atoms with van der Waals surface area (Å²) in [5.74, 6) is 1.67. The van der Waals surface area contributed by atoms with E-state index < -0.39 is 0 Å². The number of nitrogens with one attached hydrogen (secondary N) is 1. The monoisotopic (exact) mass is 209 g/mol. The Labute approximate surface area is 90.5 Å². The van der Waals surface area contributed by atoms with Gasteiger partial charge < -0.3 is 5.32 Å². The number of aryl methyl sites for hydroxylation is 1. The van der Waals surface area contributed by atoms with Crippen LogP contribution < -0.4 is 5.32 Å². The van der Waals surface area contributed by atoms with E-state index in [4.69, 9.17) is 0 Å². The summed E-state index contributed by atoms with van der Waals surface area (Å²) in [6.45, 7) is 6.95. The highest BCUT2D eigenvalue weighted by Crippen LogP contribution is 2.35.